The molecule has 0 bridgehead atoms. The third kappa shape index (κ3) is 5.20. The van der Waals surface area contributed by atoms with Gasteiger partial charge >= 0.3 is 0 Å². The number of ether oxygens (including phenoxy) is 2. The van der Waals surface area contributed by atoms with Crippen molar-refractivity contribution < 1.29 is 9.47 Å². The van der Waals surface area contributed by atoms with E-state index in [-0.39, 0.29) is 0 Å². The molecule has 0 aliphatic rings. The second-order valence-electron chi connectivity index (χ2n) is 6.15. The van der Waals surface area contributed by atoms with Crippen molar-refractivity contribution in [3.8, 4) is 11.5 Å². The van der Waals surface area contributed by atoms with Gasteiger partial charge in [0.1, 0.15) is 11.5 Å². The molecule has 0 saturated heterocycles. The summed E-state index contributed by atoms with van der Waals surface area (Å²) in [5.41, 5.74) is 2.51. The number of methoxy groups -OCH3 is 2. The third-order valence-corrected chi connectivity index (χ3v) is 3.95. The quantitative estimate of drug-likeness (QED) is 0.701. The third-order valence-electron chi connectivity index (χ3n) is 3.95. The predicted octanol–water partition coefficient (Wildman–Crippen LogP) is 4.76. The van der Waals surface area contributed by atoms with Gasteiger partial charge in [-0.3, -0.25) is 0 Å². The molecule has 0 N–H and O–H groups in total. The van der Waals surface area contributed by atoms with Gasteiger partial charge in [-0.2, -0.15) is 0 Å². The van der Waals surface area contributed by atoms with Crippen LogP contribution >= 0.6 is 0 Å². The minimum atomic E-state index is 0.687. The number of benzene rings is 2. The normalized spacial score (nSPS) is 10.7. The van der Waals surface area contributed by atoms with E-state index in [4.69, 9.17) is 9.47 Å². The van der Waals surface area contributed by atoms with E-state index >= 15 is 0 Å². The minimum absolute atomic E-state index is 0.687. The zero-order valence-electron chi connectivity index (χ0n) is 14.6. The molecule has 0 unspecified atom stereocenters. The molecular formula is C20H27NO2. The molecule has 0 aliphatic carbocycles. The van der Waals surface area contributed by atoms with Crippen molar-refractivity contribution in [2.24, 2.45) is 5.92 Å². The Morgan fingerprint density at radius 3 is 1.83 bits per heavy atom. The lowest BCUT2D eigenvalue weighted by Gasteiger charge is -2.26. The summed E-state index contributed by atoms with van der Waals surface area (Å²) in [6, 6.07) is 16.6. The first-order valence-electron chi connectivity index (χ1n) is 8.14. The van der Waals surface area contributed by atoms with Gasteiger partial charge in [-0.25, -0.2) is 0 Å². The van der Waals surface area contributed by atoms with Crippen LogP contribution in [0.25, 0.3) is 0 Å². The monoisotopic (exact) mass is 313 g/mol. The first kappa shape index (κ1) is 17.2. The van der Waals surface area contributed by atoms with E-state index in [1.807, 2.05) is 24.3 Å². The smallest absolute Gasteiger partial charge is 0.119 e. The summed E-state index contributed by atoms with van der Waals surface area (Å²) in [5, 5.41) is 0. The van der Waals surface area contributed by atoms with Crippen LogP contribution in [0.3, 0.4) is 0 Å². The van der Waals surface area contributed by atoms with E-state index in [9.17, 15) is 0 Å². The van der Waals surface area contributed by atoms with E-state index in [1.165, 1.54) is 17.7 Å². The number of nitrogens with zero attached hydrogens (tertiary/aromatic N) is 1. The number of anilines is 1. The summed E-state index contributed by atoms with van der Waals surface area (Å²) >= 11 is 0. The number of hydrogen-bond donors (Lipinski definition) is 0. The molecule has 3 heteroatoms. The van der Waals surface area contributed by atoms with E-state index in [1.54, 1.807) is 14.2 Å². The molecule has 0 spiro atoms. The molecule has 0 fully saturated rings. The van der Waals surface area contributed by atoms with Crippen LogP contribution < -0.4 is 14.4 Å². The summed E-state index contributed by atoms with van der Waals surface area (Å²) < 4.78 is 10.5. The van der Waals surface area contributed by atoms with E-state index in [0.717, 1.165) is 24.6 Å². The lowest BCUT2D eigenvalue weighted by atomic mass is 10.1. The first-order valence-corrected chi connectivity index (χ1v) is 8.14. The average Bonchev–Trinajstić information content (AvgIpc) is 2.59. The van der Waals surface area contributed by atoms with Crippen molar-refractivity contribution >= 4 is 5.69 Å². The Morgan fingerprint density at radius 1 is 0.826 bits per heavy atom. The van der Waals surface area contributed by atoms with Gasteiger partial charge in [-0.05, 0) is 54.3 Å². The lowest BCUT2D eigenvalue weighted by molar-refractivity contribution is 0.414. The highest BCUT2D eigenvalue weighted by molar-refractivity contribution is 5.49. The second-order valence-corrected chi connectivity index (χ2v) is 6.15. The van der Waals surface area contributed by atoms with Crippen molar-refractivity contribution in [3.05, 3.63) is 54.1 Å². The molecule has 3 nitrogen and oxygen atoms in total. The molecule has 0 amide bonds. The Morgan fingerprint density at radius 2 is 1.35 bits per heavy atom. The molecule has 0 heterocycles. The maximum atomic E-state index is 5.26. The molecule has 0 atom stereocenters. The SMILES string of the molecule is COc1ccc(CN(CCC(C)C)c2ccc(OC)cc2)cc1. The highest BCUT2D eigenvalue weighted by atomic mass is 16.5. The van der Waals surface area contributed by atoms with Gasteiger partial charge in [0.15, 0.2) is 0 Å². The Labute approximate surface area is 139 Å². The molecule has 23 heavy (non-hydrogen) atoms. The van der Waals surface area contributed by atoms with Gasteiger partial charge in [0.2, 0.25) is 0 Å². The van der Waals surface area contributed by atoms with Gasteiger partial charge in [-0.15, -0.1) is 0 Å². The van der Waals surface area contributed by atoms with Crippen LogP contribution in [0.5, 0.6) is 11.5 Å². The summed E-state index contributed by atoms with van der Waals surface area (Å²) in [6.45, 7) is 6.46. The molecule has 0 saturated carbocycles. The average molecular weight is 313 g/mol. The summed E-state index contributed by atoms with van der Waals surface area (Å²) in [4.78, 5) is 2.42. The van der Waals surface area contributed by atoms with E-state index in [2.05, 4.69) is 43.0 Å². The molecule has 0 radical (unpaired) electrons. The molecule has 124 valence electrons. The fraction of sp³-hybridized carbons (Fsp3) is 0.400. The van der Waals surface area contributed by atoms with Crippen molar-refractivity contribution in [3.63, 3.8) is 0 Å². The van der Waals surface area contributed by atoms with E-state index < -0.39 is 0 Å². The summed E-state index contributed by atoms with van der Waals surface area (Å²) in [6.07, 6.45) is 1.17. The van der Waals surface area contributed by atoms with Crippen LogP contribution in [0.1, 0.15) is 25.8 Å². The van der Waals surface area contributed by atoms with Crippen LogP contribution in [-0.4, -0.2) is 20.8 Å². The molecule has 0 aromatic heterocycles. The highest BCUT2D eigenvalue weighted by Crippen LogP contribution is 2.23. The zero-order chi connectivity index (χ0) is 16.7. The Bertz CT molecular complexity index is 576. The summed E-state index contributed by atoms with van der Waals surface area (Å²) in [5.74, 6) is 2.47. The van der Waals surface area contributed by atoms with Crippen LogP contribution in [0, 0.1) is 5.92 Å². The van der Waals surface area contributed by atoms with Gasteiger partial charge in [0.25, 0.3) is 0 Å². The predicted molar refractivity (Wildman–Crippen MR) is 96.5 cm³/mol. The van der Waals surface area contributed by atoms with Crippen molar-refractivity contribution in [2.45, 2.75) is 26.8 Å². The second kappa shape index (κ2) is 8.47. The largest absolute Gasteiger partial charge is 0.497 e. The Kier molecular flexibility index (Phi) is 6.33. The topological polar surface area (TPSA) is 21.7 Å². The van der Waals surface area contributed by atoms with Gasteiger partial charge in [0.05, 0.1) is 14.2 Å². The Hall–Kier alpha value is -2.16. The van der Waals surface area contributed by atoms with Crippen LogP contribution in [-0.2, 0) is 6.54 Å². The zero-order valence-corrected chi connectivity index (χ0v) is 14.6. The fourth-order valence-corrected chi connectivity index (χ4v) is 2.46. The van der Waals surface area contributed by atoms with Gasteiger partial charge < -0.3 is 14.4 Å². The van der Waals surface area contributed by atoms with E-state index in [0.29, 0.717) is 5.92 Å². The standard InChI is InChI=1S/C20H27NO2/c1-16(2)13-14-21(18-7-11-20(23-4)12-8-18)15-17-5-9-19(22-3)10-6-17/h5-12,16H,13-15H2,1-4H3. The minimum Gasteiger partial charge on any atom is -0.497 e. The van der Waals surface area contributed by atoms with Crippen molar-refractivity contribution in [2.75, 3.05) is 25.7 Å². The molecule has 2 aromatic rings. The summed E-state index contributed by atoms with van der Waals surface area (Å²) in [7, 11) is 3.39. The van der Waals surface area contributed by atoms with Gasteiger partial charge in [-0.1, -0.05) is 26.0 Å². The van der Waals surface area contributed by atoms with Gasteiger partial charge in [0, 0.05) is 18.8 Å². The molecular weight excluding hydrogens is 286 g/mol. The lowest BCUT2D eigenvalue weighted by Crippen LogP contribution is -2.24. The molecule has 2 aromatic carbocycles. The molecule has 0 aliphatic heterocycles. The highest BCUT2D eigenvalue weighted by Gasteiger charge is 2.09. The van der Waals surface area contributed by atoms with Crippen LogP contribution in [0.4, 0.5) is 5.69 Å². The van der Waals surface area contributed by atoms with Crippen LogP contribution in [0.2, 0.25) is 0 Å². The maximum Gasteiger partial charge on any atom is 0.119 e. The fourth-order valence-electron chi connectivity index (χ4n) is 2.46. The van der Waals surface area contributed by atoms with Crippen molar-refractivity contribution in [1.82, 2.24) is 0 Å². The molecule has 2 rings (SSSR count). The number of hydrogen-bond acceptors (Lipinski definition) is 3. The first-order chi connectivity index (χ1) is 11.1. The number of rotatable bonds is 8. The Balaban J connectivity index is 2.14. The maximum absolute atomic E-state index is 5.26. The van der Waals surface area contributed by atoms with Crippen molar-refractivity contribution in [1.29, 1.82) is 0 Å². The van der Waals surface area contributed by atoms with Crippen LogP contribution in [0.15, 0.2) is 48.5 Å².